The van der Waals surface area contributed by atoms with Crippen LogP contribution in [0.1, 0.15) is 21.6 Å². The van der Waals surface area contributed by atoms with Crippen LogP contribution in [0, 0.1) is 9.81 Å². The molecule has 2 aromatic heterocycles. The Morgan fingerprint density at radius 1 is 1.33 bits per heavy atom. The maximum absolute atomic E-state index is 12.1. The fourth-order valence-electron chi connectivity index (χ4n) is 2.51. The summed E-state index contributed by atoms with van der Waals surface area (Å²) in [6.07, 6.45) is 0.836. The van der Waals surface area contributed by atoms with E-state index in [0.717, 1.165) is 20.4 Å². The van der Waals surface area contributed by atoms with Crippen LogP contribution in [0.5, 0.6) is 0 Å². The normalized spacial score (nSPS) is 11.0. The van der Waals surface area contributed by atoms with E-state index in [-0.39, 0.29) is 5.91 Å². The Bertz CT molecular complexity index is 791. The second-order valence-corrected chi connectivity index (χ2v) is 7.61. The first kappa shape index (κ1) is 14.6. The second-order valence-electron chi connectivity index (χ2n) is 4.89. The van der Waals surface area contributed by atoms with E-state index in [9.17, 15) is 4.79 Å². The summed E-state index contributed by atoms with van der Waals surface area (Å²) in [5, 5.41) is 6.19. The van der Waals surface area contributed by atoms with E-state index in [1.807, 2.05) is 23.6 Å². The van der Waals surface area contributed by atoms with E-state index >= 15 is 0 Å². The van der Waals surface area contributed by atoms with Crippen LogP contribution in [-0.4, -0.2) is 17.4 Å². The summed E-state index contributed by atoms with van der Waals surface area (Å²) in [7, 11) is 0. The molecular weight excluding hydrogens is 395 g/mol. The molecule has 0 saturated heterocycles. The Morgan fingerprint density at radius 2 is 2.14 bits per heavy atom. The number of rotatable bonds is 4. The smallest absolute Gasteiger partial charge is 0.253 e. The Labute approximate surface area is 140 Å². The first-order chi connectivity index (χ1) is 10.2. The summed E-state index contributed by atoms with van der Waals surface area (Å²) >= 11 is 3.79. The summed E-state index contributed by atoms with van der Waals surface area (Å²) < 4.78 is 1.04. The van der Waals surface area contributed by atoms with Gasteiger partial charge in [0, 0.05) is 23.1 Å². The molecule has 2 heterocycles. The molecule has 3 nitrogen and oxygen atoms in total. The number of carbonyl (C=O) groups excluding carboxylic acids is 1. The van der Waals surface area contributed by atoms with Crippen molar-refractivity contribution in [2.24, 2.45) is 0 Å². The van der Waals surface area contributed by atoms with Crippen LogP contribution in [0.4, 0.5) is 0 Å². The molecule has 0 spiro atoms. The van der Waals surface area contributed by atoms with E-state index in [4.69, 9.17) is 0 Å². The molecule has 0 atom stereocenters. The van der Waals surface area contributed by atoms with Gasteiger partial charge in [-0.05, 0) is 59.0 Å². The lowest BCUT2D eigenvalue weighted by Crippen LogP contribution is -2.25. The van der Waals surface area contributed by atoms with E-state index in [2.05, 4.69) is 51.9 Å². The second kappa shape index (κ2) is 6.19. The quantitative estimate of drug-likeness (QED) is 0.625. The third-order valence-corrected chi connectivity index (χ3v) is 5.59. The molecule has 0 saturated carbocycles. The Hall–Kier alpha value is -1.34. The van der Waals surface area contributed by atoms with Gasteiger partial charge in [-0.25, -0.2) is 0 Å². The molecule has 3 aromatic rings. The van der Waals surface area contributed by atoms with E-state index in [0.29, 0.717) is 6.54 Å². The molecule has 3 rings (SSSR count). The van der Waals surface area contributed by atoms with Gasteiger partial charge >= 0.3 is 0 Å². The number of benzene rings is 1. The number of aromatic nitrogens is 1. The van der Waals surface area contributed by atoms with E-state index in [1.165, 1.54) is 16.6 Å². The zero-order valence-electron chi connectivity index (χ0n) is 11.6. The van der Waals surface area contributed by atoms with Gasteiger partial charge in [0.1, 0.15) is 0 Å². The van der Waals surface area contributed by atoms with Crippen LogP contribution >= 0.6 is 33.9 Å². The van der Waals surface area contributed by atoms with Crippen LogP contribution in [0.2, 0.25) is 0 Å². The number of carbonyl (C=O) groups is 1. The predicted molar refractivity (Wildman–Crippen MR) is 96.1 cm³/mol. The van der Waals surface area contributed by atoms with E-state index in [1.54, 1.807) is 11.3 Å². The Kier molecular flexibility index (Phi) is 4.30. The van der Waals surface area contributed by atoms with Gasteiger partial charge in [0.15, 0.2) is 0 Å². The number of thiophene rings is 1. The van der Waals surface area contributed by atoms with Crippen molar-refractivity contribution in [3.63, 3.8) is 0 Å². The van der Waals surface area contributed by atoms with E-state index < -0.39 is 0 Å². The number of amides is 1. The average Bonchev–Trinajstić information content (AvgIpc) is 3.03. The number of hydrogen-bond acceptors (Lipinski definition) is 2. The van der Waals surface area contributed by atoms with Crippen molar-refractivity contribution >= 4 is 50.7 Å². The Morgan fingerprint density at radius 3 is 2.90 bits per heavy atom. The van der Waals surface area contributed by atoms with Gasteiger partial charge in [0.25, 0.3) is 5.91 Å². The molecule has 0 fully saturated rings. The number of para-hydroxylation sites is 1. The third-order valence-electron chi connectivity index (χ3n) is 3.55. The van der Waals surface area contributed by atoms with Gasteiger partial charge in [0.2, 0.25) is 0 Å². The van der Waals surface area contributed by atoms with Gasteiger partial charge in [-0.2, -0.15) is 0 Å². The lowest BCUT2D eigenvalue weighted by Gasteiger charge is -2.05. The van der Waals surface area contributed by atoms with Crippen molar-refractivity contribution in [2.75, 3.05) is 6.54 Å². The minimum Gasteiger partial charge on any atom is -0.358 e. The van der Waals surface area contributed by atoms with Crippen LogP contribution < -0.4 is 5.32 Å². The molecule has 0 bridgehead atoms. The van der Waals surface area contributed by atoms with Gasteiger partial charge in [-0.15, -0.1) is 11.3 Å². The van der Waals surface area contributed by atoms with Crippen molar-refractivity contribution in [1.82, 2.24) is 10.3 Å². The molecule has 0 radical (unpaired) electrons. The van der Waals surface area contributed by atoms with Crippen molar-refractivity contribution in [3.05, 3.63) is 55.4 Å². The first-order valence-electron chi connectivity index (χ1n) is 6.74. The fraction of sp³-hybridized carbons (Fsp3) is 0.188. The first-order valence-corrected chi connectivity index (χ1v) is 8.70. The summed E-state index contributed by atoms with van der Waals surface area (Å²) in [4.78, 5) is 15.5. The zero-order valence-corrected chi connectivity index (χ0v) is 14.5. The van der Waals surface area contributed by atoms with Crippen LogP contribution in [0.25, 0.3) is 10.9 Å². The molecule has 5 heteroatoms. The summed E-state index contributed by atoms with van der Waals surface area (Å²) in [6.45, 7) is 2.73. The lowest BCUT2D eigenvalue weighted by molar-refractivity contribution is 0.0954. The number of H-pyrrole nitrogens is 1. The lowest BCUT2D eigenvalue weighted by atomic mass is 10.1. The van der Waals surface area contributed by atoms with Crippen LogP contribution in [0.15, 0.2) is 35.7 Å². The van der Waals surface area contributed by atoms with Crippen molar-refractivity contribution in [1.29, 1.82) is 0 Å². The van der Waals surface area contributed by atoms with Gasteiger partial charge in [0.05, 0.1) is 8.45 Å². The highest BCUT2D eigenvalue weighted by Gasteiger charge is 2.12. The maximum Gasteiger partial charge on any atom is 0.253 e. The monoisotopic (exact) mass is 410 g/mol. The molecule has 0 aliphatic rings. The number of hydrogen-bond donors (Lipinski definition) is 2. The minimum absolute atomic E-state index is 0.0122. The van der Waals surface area contributed by atoms with Crippen molar-refractivity contribution in [3.8, 4) is 0 Å². The number of halogens is 1. The van der Waals surface area contributed by atoms with Crippen molar-refractivity contribution in [2.45, 2.75) is 13.3 Å². The molecule has 0 aliphatic carbocycles. The van der Waals surface area contributed by atoms with Crippen LogP contribution in [-0.2, 0) is 6.42 Å². The number of aryl methyl sites for hydroxylation is 1. The average molecular weight is 410 g/mol. The molecule has 2 N–H and O–H groups in total. The minimum atomic E-state index is 0.0122. The maximum atomic E-state index is 12.1. The highest BCUT2D eigenvalue weighted by Crippen LogP contribution is 2.22. The summed E-state index contributed by atoms with van der Waals surface area (Å²) in [5.41, 5.74) is 4.39. The molecule has 0 unspecified atom stereocenters. The molecule has 0 aliphatic heterocycles. The zero-order chi connectivity index (χ0) is 14.8. The highest BCUT2D eigenvalue weighted by atomic mass is 127. The largest absolute Gasteiger partial charge is 0.358 e. The topological polar surface area (TPSA) is 44.9 Å². The number of nitrogens with one attached hydrogen (secondary N) is 2. The fourth-order valence-corrected chi connectivity index (χ4v) is 3.99. The standard InChI is InChI=1S/C16H15IN2OS/c1-10-11(12-4-2-3-5-14(12)19-10)6-8-18-16(20)13-7-9-21-15(13)17/h2-5,7,9,19H,6,8H2,1H3,(H,18,20). The van der Waals surface area contributed by atoms with Crippen LogP contribution in [0.3, 0.4) is 0 Å². The summed E-state index contributed by atoms with van der Waals surface area (Å²) in [6, 6.07) is 10.2. The van der Waals surface area contributed by atoms with Gasteiger partial charge in [-0.3, -0.25) is 4.79 Å². The number of fused-ring (bicyclic) bond motifs is 1. The van der Waals surface area contributed by atoms with Crippen molar-refractivity contribution < 1.29 is 4.79 Å². The molecule has 108 valence electrons. The molecular formula is C16H15IN2OS. The Balaban J connectivity index is 1.69. The van der Waals surface area contributed by atoms with Gasteiger partial charge in [-0.1, -0.05) is 18.2 Å². The number of aromatic amines is 1. The molecule has 1 amide bonds. The molecule has 1 aromatic carbocycles. The SMILES string of the molecule is Cc1[nH]c2ccccc2c1CCNC(=O)c1ccsc1I. The summed E-state index contributed by atoms with van der Waals surface area (Å²) in [5.74, 6) is 0.0122. The highest BCUT2D eigenvalue weighted by molar-refractivity contribution is 14.1. The third kappa shape index (κ3) is 2.98. The predicted octanol–water partition coefficient (Wildman–Crippen LogP) is 4.11. The molecule has 21 heavy (non-hydrogen) atoms. The van der Waals surface area contributed by atoms with Gasteiger partial charge < -0.3 is 10.3 Å².